The highest BCUT2D eigenvalue weighted by atomic mass is 79.9. The van der Waals surface area contributed by atoms with Crippen molar-refractivity contribution in [3.63, 3.8) is 0 Å². The topological polar surface area (TPSA) is 88.0 Å². The van der Waals surface area contributed by atoms with Crippen LogP contribution in [0.5, 0.6) is 0 Å². The van der Waals surface area contributed by atoms with Gasteiger partial charge in [0.25, 0.3) is 5.56 Å². The molecule has 0 radical (unpaired) electrons. The number of anilines is 3. The first kappa shape index (κ1) is 21.4. The average Bonchev–Trinajstić information content (AvgIpc) is 2.76. The molecule has 2 aromatic heterocycles. The fraction of sp³-hybridized carbons (Fsp3) is 0.0455. The number of carbonyl (C=O) groups excluding carboxylic acids is 1. The first-order chi connectivity index (χ1) is 15.3. The number of amides is 2. The molecular formula is C22H16BrF2N5O2. The standard InChI is InChI=1S/C22H16BrF2N5O2/c1-26-20-6-12-7-21(31)30(11-13(12)10-27-20)19-9-18(17(25)8-16(19)23)29-22(32)28-15-4-2-14(24)3-5-15/h2-11,26H,1H3,(H2,28,29,32). The van der Waals surface area contributed by atoms with Gasteiger partial charge in [-0.05, 0) is 63.8 Å². The molecule has 0 aliphatic heterocycles. The maximum absolute atomic E-state index is 14.5. The Labute approximate surface area is 189 Å². The van der Waals surface area contributed by atoms with Crippen molar-refractivity contribution in [3.05, 3.63) is 87.4 Å². The van der Waals surface area contributed by atoms with Crippen molar-refractivity contribution in [3.8, 4) is 5.69 Å². The van der Waals surface area contributed by atoms with Gasteiger partial charge in [0.05, 0.1) is 11.4 Å². The van der Waals surface area contributed by atoms with Crippen LogP contribution in [0.3, 0.4) is 0 Å². The molecule has 7 nitrogen and oxygen atoms in total. The lowest BCUT2D eigenvalue weighted by Gasteiger charge is -2.14. The number of benzene rings is 2. The van der Waals surface area contributed by atoms with Gasteiger partial charge in [0, 0.05) is 41.1 Å². The Kier molecular flexibility index (Phi) is 5.87. The number of aromatic nitrogens is 2. The minimum atomic E-state index is -0.724. The lowest BCUT2D eigenvalue weighted by molar-refractivity contribution is 0.262. The summed E-state index contributed by atoms with van der Waals surface area (Å²) >= 11 is 3.28. The van der Waals surface area contributed by atoms with Gasteiger partial charge in [-0.1, -0.05) is 0 Å². The number of urea groups is 1. The Morgan fingerprint density at radius 1 is 1.03 bits per heavy atom. The fourth-order valence-corrected chi connectivity index (χ4v) is 3.59. The number of halogens is 3. The van der Waals surface area contributed by atoms with E-state index < -0.39 is 17.7 Å². The van der Waals surface area contributed by atoms with Crippen molar-refractivity contribution >= 4 is 49.9 Å². The van der Waals surface area contributed by atoms with Gasteiger partial charge < -0.3 is 16.0 Å². The zero-order chi connectivity index (χ0) is 22.8. The van der Waals surface area contributed by atoms with Crippen molar-refractivity contribution in [2.75, 3.05) is 23.0 Å². The molecule has 2 aromatic carbocycles. The van der Waals surface area contributed by atoms with Crippen molar-refractivity contribution in [1.29, 1.82) is 0 Å². The maximum atomic E-state index is 14.5. The first-order valence-electron chi connectivity index (χ1n) is 9.37. The van der Waals surface area contributed by atoms with Gasteiger partial charge in [-0.25, -0.2) is 18.6 Å². The molecule has 0 aliphatic carbocycles. The smallest absolute Gasteiger partial charge is 0.323 e. The summed E-state index contributed by atoms with van der Waals surface area (Å²) < 4.78 is 29.2. The van der Waals surface area contributed by atoms with E-state index in [0.717, 1.165) is 6.07 Å². The molecule has 0 aliphatic rings. The van der Waals surface area contributed by atoms with Crippen LogP contribution in [0.4, 0.5) is 30.8 Å². The van der Waals surface area contributed by atoms with Gasteiger partial charge in [0.15, 0.2) is 0 Å². The highest BCUT2D eigenvalue weighted by Crippen LogP contribution is 2.28. The molecule has 0 unspecified atom stereocenters. The molecule has 0 bridgehead atoms. The quantitative estimate of drug-likeness (QED) is 0.364. The molecule has 0 spiro atoms. The predicted octanol–water partition coefficient (Wildman–Crippen LogP) is 5.11. The van der Waals surface area contributed by atoms with Gasteiger partial charge in [0.2, 0.25) is 0 Å². The van der Waals surface area contributed by atoms with Gasteiger partial charge in [-0.2, -0.15) is 0 Å². The third-order valence-electron chi connectivity index (χ3n) is 4.66. The van der Waals surface area contributed by atoms with Crippen LogP contribution in [0.1, 0.15) is 0 Å². The van der Waals surface area contributed by atoms with Crippen LogP contribution in [0.15, 0.2) is 70.2 Å². The van der Waals surface area contributed by atoms with E-state index in [4.69, 9.17) is 0 Å². The minimum Gasteiger partial charge on any atom is -0.373 e. The molecule has 0 atom stereocenters. The van der Waals surface area contributed by atoms with Gasteiger partial charge in [-0.3, -0.25) is 9.36 Å². The average molecular weight is 500 g/mol. The third-order valence-corrected chi connectivity index (χ3v) is 5.29. The molecule has 4 aromatic rings. The van der Waals surface area contributed by atoms with E-state index in [2.05, 4.69) is 36.9 Å². The summed E-state index contributed by atoms with van der Waals surface area (Å²) in [5.74, 6) is -0.530. The van der Waals surface area contributed by atoms with Gasteiger partial charge >= 0.3 is 6.03 Å². The van der Waals surface area contributed by atoms with E-state index in [1.54, 1.807) is 25.5 Å². The highest BCUT2D eigenvalue weighted by molar-refractivity contribution is 9.10. The Hall–Kier alpha value is -3.79. The van der Waals surface area contributed by atoms with Gasteiger partial charge in [0.1, 0.15) is 17.5 Å². The molecular weight excluding hydrogens is 484 g/mol. The zero-order valence-corrected chi connectivity index (χ0v) is 18.2. The Bertz CT molecular complexity index is 1390. The fourth-order valence-electron chi connectivity index (χ4n) is 3.08. The summed E-state index contributed by atoms with van der Waals surface area (Å²) in [6, 6.07) is 10.1. The van der Waals surface area contributed by atoms with Crippen LogP contribution in [0.25, 0.3) is 16.5 Å². The molecule has 10 heteroatoms. The largest absolute Gasteiger partial charge is 0.373 e. The molecule has 2 amide bonds. The number of hydrogen-bond acceptors (Lipinski definition) is 4. The summed E-state index contributed by atoms with van der Waals surface area (Å²) in [6.45, 7) is 0. The number of nitrogens with one attached hydrogen (secondary N) is 3. The number of carbonyl (C=O) groups is 1. The number of nitrogens with zero attached hydrogens (tertiary/aromatic N) is 2. The number of fused-ring (bicyclic) bond motifs is 1. The van der Waals surface area contributed by atoms with E-state index in [9.17, 15) is 18.4 Å². The van der Waals surface area contributed by atoms with Crippen LogP contribution < -0.4 is 21.5 Å². The van der Waals surface area contributed by atoms with E-state index in [0.29, 0.717) is 32.4 Å². The molecule has 162 valence electrons. The van der Waals surface area contributed by atoms with Gasteiger partial charge in [-0.15, -0.1) is 0 Å². The van der Waals surface area contributed by atoms with E-state index in [1.165, 1.54) is 41.0 Å². The third kappa shape index (κ3) is 4.45. The maximum Gasteiger partial charge on any atom is 0.323 e. The monoisotopic (exact) mass is 499 g/mol. The second-order valence-corrected chi connectivity index (χ2v) is 7.65. The van der Waals surface area contributed by atoms with Crippen LogP contribution >= 0.6 is 15.9 Å². The number of hydrogen-bond donors (Lipinski definition) is 3. The van der Waals surface area contributed by atoms with Crippen molar-refractivity contribution in [1.82, 2.24) is 9.55 Å². The Morgan fingerprint density at radius 3 is 2.50 bits per heavy atom. The highest BCUT2D eigenvalue weighted by Gasteiger charge is 2.14. The van der Waals surface area contributed by atoms with Crippen molar-refractivity contribution in [2.45, 2.75) is 0 Å². The minimum absolute atomic E-state index is 0.140. The van der Waals surface area contributed by atoms with Crippen molar-refractivity contribution < 1.29 is 13.6 Å². The molecule has 2 heterocycles. The van der Waals surface area contributed by atoms with Crippen LogP contribution in [-0.4, -0.2) is 22.6 Å². The number of pyridine rings is 2. The Morgan fingerprint density at radius 2 is 1.78 bits per heavy atom. The number of rotatable bonds is 4. The summed E-state index contributed by atoms with van der Waals surface area (Å²) in [6.07, 6.45) is 3.20. The first-order valence-corrected chi connectivity index (χ1v) is 10.2. The van der Waals surface area contributed by atoms with E-state index >= 15 is 0 Å². The van der Waals surface area contributed by atoms with Crippen LogP contribution in [-0.2, 0) is 0 Å². The molecule has 0 fully saturated rings. The summed E-state index contributed by atoms with van der Waals surface area (Å²) in [4.78, 5) is 29.3. The summed E-state index contributed by atoms with van der Waals surface area (Å²) in [7, 11) is 1.73. The summed E-state index contributed by atoms with van der Waals surface area (Å²) in [5, 5.41) is 9.20. The Balaban J connectivity index is 1.67. The second kappa shape index (κ2) is 8.75. The normalized spacial score (nSPS) is 10.8. The molecule has 0 saturated heterocycles. The zero-order valence-electron chi connectivity index (χ0n) is 16.6. The lowest BCUT2D eigenvalue weighted by Crippen LogP contribution is -2.21. The molecule has 0 saturated carbocycles. The van der Waals surface area contributed by atoms with Crippen LogP contribution in [0.2, 0.25) is 0 Å². The molecule has 3 N–H and O–H groups in total. The lowest BCUT2D eigenvalue weighted by atomic mass is 10.2. The SMILES string of the molecule is CNc1cc2cc(=O)n(-c3cc(NC(=O)Nc4ccc(F)cc4)c(F)cc3Br)cc2cn1. The van der Waals surface area contributed by atoms with E-state index in [1.807, 2.05) is 0 Å². The van der Waals surface area contributed by atoms with Crippen molar-refractivity contribution in [2.24, 2.45) is 0 Å². The van der Waals surface area contributed by atoms with Crippen LogP contribution in [0, 0.1) is 11.6 Å². The molecule has 4 rings (SSSR count). The summed E-state index contributed by atoms with van der Waals surface area (Å²) in [5.41, 5.74) is 0.173. The predicted molar refractivity (Wildman–Crippen MR) is 124 cm³/mol. The molecule has 32 heavy (non-hydrogen) atoms. The van der Waals surface area contributed by atoms with E-state index in [-0.39, 0.29) is 11.2 Å². The second-order valence-electron chi connectivity index (χ2n) is 6.80.